The van der Waals surface area contributed by atoms with Crippen LogP contribution >= 0.6 is 0 Å². The largest absolute Gasteiger partial charge is 0.375 e. The molecule has 1 aliphatic heterocycles. The Kier molecular flexibility index (Phi) is 4.86. The topological polar surface area (TPSA) is 41.6 Å². The highest BCUT2D eigenvalue weighted by molar-refractivity contribution is 6.00. The molecular weight excluding hydrogens is 300 g/mol. The number of morpholine rings is 1. The molecule has 4 heteroatoms. The number of carbonyl (C=O) groups excluding carboxylic acids is 1. The minimum absolute atomic E-state index is 0.0542. The molecule has 1 fully saturated rings. The van der Waals surface area contributed by atoms with Crippen LogP contribution in [0.25, 0.3) is 0 Å². The molecule has 0 spiro atoms. The van der Waals surface area contributed by atoms with E-state index in [0.717, 1.165) is 11.4 Å². The van der Waals surface area contributed by atoms with Crippen molar-refractivity contribution in [2.24, 2.45) is 0 Å². The summed E-state index contributed by atoms with van der Waals surface area (Å²) in [6.07, 6.45) is 0.0850. The lowest BCUT2D eigenvalue weighted by Crippen LogP contribution is -2.44. The predicted octanol–water partition coefficient (Wildman–Crippen LogP) is 3.91. The van der Waals surface area contributed by atoms with E-state index in [2.05, 4.69) is 25.2 Å². The van der Waals surface area contributed by atoms with Gasteiger partial charge in [-0.05, 0) is 50.1 Å². The summed E-state index contributed by atoms with van der Waals surface area (Å²) in [4.78, 5) is 14.8. The van der Waals surface area contributed by atoms with Gasteiger partial charge in [0.25, 0.3) is 5.91 Å². The van der Waals surface area contributed by atoms with Gasteiger partial charge in [0.15, 0.2) is 0 Å². The maximum Gasteiger partial charge on any atom is 0.256 e. The Labute approximate surface area is 143 Å². The van der Waals surface area contributed by atoms with Crippen molar-refractivity contribution in [3.63, 3.8) is 0 Å². The van der Waals surface area contributed by atoms with E-state index in [1.54, 1.807) is 0 Å². The molecule has 1 unspecified atom stereocenters. The Balaban J connectivity index is 1.88. The molecule has 0 aromatic heterocycles. The Hall–Kier alpha value is -2.33. The van der Waals surface area contributed by atoms with Crippen LogP contribution in [0.15, 0.2) is 42.5 Å². The summed E-state index contributed by atoms with van der Waals surface area (Å²) in [6.45, 7) is 8.05. The van der Waals surface area contributed by atoms with Crippen LogP contribution in [0.1, 0.15) is 28.4 Å². The van der Waals surface area contributed by atoms with Crippen molar-refractivity contribution in [2.45, 2.75) is 26.9 Å². The number of nitrogens with zero attached hydrogens (tertiary/aromatic N) is 1. The van der Waals surface area contributed by atoms with Crippen molar-refractivity contribution in [2.75, 3.05) is 25.0 Å². The molecule has 0 aliphatic carbocycles. The van der Waals surface area contributed by atoms with Crippen molar-refractivity contribution in [1.29, 1.82) is 0 Å². The monoisotopic (exact) mass is 324 g/mol. The van der Waals surface area contributed by atoms with Gasteiger partial charge in [-0.3, -0.25) is 4.79 Å². The smallest absolute Gasteiger partial charge is 0.256 e. The molecule has 126 valence electrons. The third-order valence-corrected chi connectivity index (χ3v) is 4.56. The van der Waals surface area contributed by atoms with Gasteiger partial charge in [0.2, 0.25) is 0 Å². The maximum atomic E-state index is 12.9. The number of carbonyl (C=O) groups is 1. The maximum absolute atomic E-state index is 12.9. The fourth-order valence-electron chi connectivity index (χ4n) is 2.98. The molecule has 0 saturated carbocycles. The second-order valence-electron chi connectivity index (χ2n) is 6.35. The van der Waals surface area contributed by atoms with Crippen molar-refractivity contribution >= 4 is 17.3 Å². The number of rotatable bonds is 3. The lowest BCUT2D eigenvalue weighted by atomic mass is 10.1. The first kappa shape index (κ1) is 16.5. The van der Waals surface area contributed by atoms with E-state index in [0.29, 0.717) is 25.3 Å². The fraction of sp³-hybridized carbons (Fsp3) is 0.350. The SMILES string of the molecule is Cc1cccc(Nc2ccccc2C(=O)N2CCOC(C)C2)c1C. The van der Waals surface area contributed by atoms with Crippen LogP contribution in [0.5, 0.6) is 0 Å². The zero-order chi connectivity index (χ0) is 17.1. The van der Waals surface area contributed by atoms with Crippen LogP contribution in [0, 0.1) is 13.8 Å². The van der Waals surface area contributed by atoms with E-state index in [1.165, 1.54) is 11.1 Å². The predicted molar refractivity (Wildman–Crippen MR) is 97.0 cm³/mol. The summed E-state index contributed by atoms with van der Waals surface area (Å²) in [6, 6.07) is 13.9. The fourth-order valence-corrected chi connectivity index (χ4v) is 2.98. The van der Waals surface area contributed by atoms with E-state index in [4.69, 9.17) is 4.74 Å². The number of hydrogen-bond acceptors (Lipinski definition) is 3. The normalized spacial score (nSPS) is 17.6. The number of benzene rings is 2. The average molecular weight is 324 g/mol. The van der Waals surface area contributed by atoms with E-state index >= 15 is 0 Å². The molecule has 1 heterocycles. The molecule has 2 aromatic rings. The molecule has 1 aliphatic rings. The minimum atomic E-state index is 0.0542. The van der Waals surface area contributed by atoms with Crippen molar-refractivity contribution in [1.82, 2.24) is 4.90 Å². The standard InChI is InChI=1S/C20H24N2O2/c1-14-7-6-10-18(16(14)3)21-19-9-5-4-8-17(19)20(23)22-11-12-24-15(2)13-22/h4-10,15,21H,11-13H2,1-3H3. The first-order chi connectivity index (χ1) is 11.6. The highest BCUT2D eigenvalue weighted by Crippen LogP contribution is 2.26. The number of aryl methyl sites for hydroxylation is 1. The highest BCUT2D eigenvalue weighted by atomic mass is 16.5. The summed E-state index contributed by atoms with van der Waals surface area (Å²) in [5, 5.41) is 3.43. The Bertz CT molecular complexity index is 742. The van der Waals surface area contributed by atoms with E-state index < -0.39 is 0 Å². The molecular formula is C20H24N2O2. The average Bonchev–Trinajstić information content (AvgIpc) is 2.59. The molecule has 2 aromatic carbocycles. The Morgan fingerprint density at radius 1 is 1.12 bits per heavy atom. The van der Waals surface area contributed by atoms with Crippen molar-refractivity contribution < 1.29 is 9.53 Å². The van der Waals surface area contributed by atoms with E-state index in [-0.39, 0.29) is 12.0 Å². The third kappa shape index (κ3) is 3.44. The van der Waals surface area contributed by atoms with E-state index in [9.17, 15) is 4.79 Å². The van der Waals surface area contributed by atoms with Crippen LogP contribution in [-0.4, -0.2) is 36.6 Å². The number of ether oxygens (including phenoxy) is 1. The van der Waals surface area contributed by atoms with Crippen LogP contribution in [0.3, 0.4) is 0 Å². The van der Waals surface area contributed by atoms with Gasteiger partial charge in [0, 0.05) is 18.8 Å². The van der Waals surface area contributed by atoms with Crippen LogP contribution in [0.2, 0.25) is 0 Å². The quantitative estimate of drug-likeness (QED) is 0.931. The van der Waals surface area contributed by atoms with Gasteiger partial charge in [-0.15, -0.1) is 0 Å². The van der Waals surface area contributed by atoms with E-state index in [1.807, 2.05) is 48.2 Å². The minimum Gasteiger partial charge on any atom is -0.375 e. The third-order valence-electron chi connectivity index (χ3n) is 4.56. The molecule has 3 rings (SSSR count). The summed E-state index contributed by atoms with van der Waals surface area (Å²) in [5.41, 5.74) is 5.00. The van der Waals surface area contributed by atoms with Crippen molar-refractivity contribution in [3.8, 4) is 0 Å². The molecule has 24 heavy (non-hydrogen) atoms. The molecule has 4 nitrogen and oxygen atoms in total. The molecule has 0 radical (unpaired) electrons. The molecule has 1 atom stereocenters. The van der Waals surface area contributed by atoms with Crippen LogP contribution in [-0.2, 0) is 4.74 Å². The second kappa shape index (κ2) is 7.05. The summed E-state index contributed by atoms with van der Waals surface area (Å²) in [5.74, 6) is 0.0542. The lowest BCUT2D eigenvalue weighted by Gasteiger charge is -2.31. The van der Waals surface area contributed by atoms with Crippen molar-refractivity contribution in [3.05, 3.63) is 59.2 Å². The Morgan fingerprint density at radius 2 is 1.88 bits per heavy atom. The highest BCUT2D eigenvalue weighted by Gasteiger charge is 2.24. The molecule has 1 amide bonds. The molecule has 0 bridgehead atoms. The van der Waals surface area contributed by atoms with Gasteiger partial charge in [-0.25, -0.2) is 0 Å². The molecule has 1 N–H and O–H groups in total. The van der Waals surface area contributed by atoms with Gasteiger partial charge in [-0.1, -0.05) is 24.3 Å². The van der Waals surface area contributed by atoms with Crippen LogP contribution in [0.4, 0.5) is 11.4 Å². The number of nitrogens with one attached hydrogen (secondary N) is 1. The molecule has 1 saturated heterocycles. The van der Waals surface area contributed by atoms with Crippen LogP contribution < -0.4 is 5.32 Å². The zero-order valence-electron chi connectivity index (χ0n) is 14.5. The van der Waals surface area contributed by atoms with Gasteiger partial charge in [0.05, 0.1) is 24.0 Å². The number of para-hydroxylation sites is 1. The first-order valence-electron chi connectivity index (χ1n) is 8.39. The number of anilines is 2. The second-order valence-corrected chi connectivity index (χ2v) is 6.35. The zero-order valence-corrected chi connectivity index (χ0v) is 14.5. The van der Waals surface area contributed by atoms with Gasteiger partial charge in [0.1, 0.15) is 0 Å². The van der Waals surface area contributed by atoms with Gasteiger partial charge in [-0.2, -0.15) is 0 Å². The number of amides is 1. The summed E-state index contributed by atoms with van der Waals surface area (Å²) >= 11 is 0. The Morgan fingerprint density at radius 3 is 2.67 bits per heavy atom. The first-order valence-corrected chi connectivity index (χ1v) is 8.39. The van der Waals surface area contributed by atoms with Gasteiger partial charge >= 0.3 is 0 Å². The lowest BCUT2D eigenvalue weighted by molar-refractivity contribution is -0.0123. The summed E-state index contributed by atoms with van der Waals surface area (Å²) < 4.78 is 5.54. The number of hydrogen-bond donors (Lipinski definition) is 1. The summed E-state index contributed by atoms with van der Waals surface area (Å²) in [7, 11) is 0. The van der Waals surface area contributed by atoms with Gasteiger partial charge < -0.3 is 15.0 Å².